The Morgan fingerprint density at radius 2 is 2.00 bits per heavy atom. The fraction of sp³-hybridized carbons (Fsp3) is 0.529. The van der Waals surface area contributed by atoms with E-state index in [0.29, 0.717) is 5.92 Å². The summed E-state index contributed by atoms with van der Waals surface area (Å²) >= 11 is 0. The Hall–Kier alpha value is -1.84. The minimum absolute atomic E-state index is 0.134. The van der Waals surface area contributed by atoms with Gasteiger partial charge in [-0.2, -0.15) is 0 Å². The molecule has 2 aromatic heterocycles. The molecule has 0 aromatic carbocycles. The Morgan fingerprint density at radius 3 is 2.67 bits per heavy atom. The SMILES string of the molecule is CC(C)Oc1cc(-n2ccnc2)cc(C2CCCCC2)n1. The topological polar surface area (TPSA) is 39.9 Å². The van der Waals surface area contributed by atoms with E-state index in [9.17, 15) is 0 Å². The highest BCUT2D eigenvalue weighted by atomic mass is 16.5. The molecule has 0 unspecified atom stereocenters. The van der Waals surface area contributed by atoms with Gasteiger partial charge in [0.1, 0.15) is 0 Å². The highest BCUT2D eigenvalue weighted by Crippen LogP contribution is 2.33. The summed E-state index contributed by atoms with van der Waals surface area (Å²) in [5, 5.41) is 0. The van der Waals surface area contributed by atoms with Crippen LogP contribution in [0.25, 0.3) is 5.69 Å². The first-order valence-corrected chi connectivity index (χ1v) is 7.89. The first-order valence-electron chi connectivity index (χ1n) is 7.89. The number of hydrogen-bond donors (Lipinski definition) is 0. The molecule has 2 aromatic rings. The minimum Gasteiger partial charge on any atom is -0.475 e. The summed E-state index contributed by atoms with van der Waals surface area (Å²) in [7, 11) is 0. The number of nitrogens with zero attached hydrogens (tertiary/aromatic N) is 3. The second kappa shape index (κ2) is 6.29. The molecule has 0 N–H and O–H groups in total. The van der Waals surface area contributed by atoms with E-state index in [-0.39, 0.29) is 6.10 Å². The molecule has 3 rings (SSSR count). The van der Waals surface area contributed by atoms with Gasteiger partial charge in [-0.15, -0.1) is 0 Å². The Kier molecular flexibility index (Phi) is 4.23. The van der Waals surface area contributed by atoms with Crippen molar-refractivity contribution in [1.82, 2.24) is 14.5 Å². The van der Waals surface area contributed by atoms with Gasteiger partial charge in [-0.1, -0.05) is 19.3 Å². The van der Waals surface area contributed by atoms with Gasteiger partial charge in [0.25, 0.3) is 0 Å². The number of rotatable bonds is 4. The lowest BCUT2D eigenvalue weighted by atomic mass is 9.86. The molecular formula is C17H23N3O. The summed E-state index contributed by atoms with van der Waals surface area (Å²) in [6.07, 6.45) is 12.1. The largest absolute Gasteiger partial charge is 0.475 e. The monoisotopic (exact) mass is 285 g/mol. The van der Waals surface area contributed by atoms with Crippen molar-refractivity contribution in [2.75, 3.05) is 0 Å². The molecule has 1 aliphatic rings. The van der Waals surface area contributed by atoms with Gasteiger partial charge < -0.3 is 9.30 Å². The van der Waals surface area contributed by atoms with Crippen LogP contribution in [0.3, 0.4) is 0 Å². The van der Waals surface area contributed by atoms with Gasteiger partial charge in [0.2, 0.25) is 5.88 Å². The molecule has 0 amide bonds. The lowest BCUT2D eigenvalue weighted by molar-refractivity contribution is 0.231. The van der Waals surface area contributed by atoms with E-state index < -0.39 is 0 Å². The van der Waals surface area contributed by atoms with Crippen molar-refractivity contribution < 1.29 is 4.74 Å². The Balaban J connectivity index is 1.96. The standard InChI is InChI=1S/C17H23N3O/c1-13(2)21-17-11-15(20-9-8-18-12-20)10-16(19-17)14-6-4-3-5-7-14/h8-14H,3-7H2,1-2H3. The normalized spacial score (nSPS) is 16.3. The maximum absolute atomic E-state index is 5.84. The Bertz CT molecular complexity index is 572. The molecule has 112 valence electrons. The van der Waals surface area contributed by atoms with Crippen molar-refractivity contribution in [3.63, 3.8) is 0 Å². The first-order chi connectivity index (χ1) is 10.2. The third kappa shape index (κ3) is 3.43. The van der Waals surface area contributed by atoms with Crippen LogP contribution in [-0.2, 0) is 0 Å². The van der Waals surface area contributed by atoms with E-state index in [4.69, 9.17) is 9.72 Å². The zero-order valence-electron chi connectivity index (χ0n) is 12.8. The van der Waals surface area contributed by atoms with Crippen LogP contribution in [0.1, 0.15) is 57.6 Å². The highest BCUT2D eigenvalue weighted by Gasteiger charge is 2.19. The summed E-state index contributed by atoms with van der Waals surface area (Å²) in [4.78, 5) is 8.88. The van der Waals surface area contributed by atoms with E-state index in [1.165, 1.54) is 32.1 Å². The molecule has 0 radical (unpaired) electrons. The van der Waals surface area contributed by atoms with E-state index in [0.717, 1.165) is 17.3 Å². The average Bonchev–Trinajstić information content (AvgIpc) is 3.01. The van der Waals surface area contributed by atoms with Gasteiger partial charge >= 0.3 is 0 Å². The van der Waals surface area contributed by atoms with Gasteiger partial charge in [-0.05, 0) is 32.8 Å². The predicted molar refractivity (Wildman–Crippen MR) is 82.9 cm³/mol. The Morgan fingerprint density at radius 1 is 1.19 bits per heavy atom. The van der Waals surface area contributed by atoms with Crippen molar-refractivity contribution in [2.24, 2.45) is 0 Å². The van der Waals surface area contributed by atoms with E-state index in [2.05, 4.69) is 11.1 Å². The molecule has 0 saturated heterocycles. The van der Waals surface area contributed by atoms with Crippen LogP contribution in [0.5, 0.6) is 5.88 Å². The van der Waals surface area contributed by atoms with Crippen LogP contribution < -0.4 is 4.74 Å². The van der Waals surface area contributed by atoms with Crippen molar-refractivity contribution in [1.29, 1.82) is 0 Å². The third-order valence-electron chi connectivity index (χ3n) is 3.99. The van der Waals surface area contributed by atoms with Gasteiger partial charge in [-0.3, -0.25) is 0 Å². The quantitative estimate of drug-likeness (QED) is 0.849. The fourth-order valence-corrected chi connectivity index (χ4v) is 2.98. The maximum Gasteiger partial charge on any atom is 0.215 e. The highest BCUT2D eigenvalue weighted by molar-refractivity contribution is 5.38. The van der Waals surface area contributed by atoms with Crippen molar-refractivity contribution in [2.45, 2.75) is 58.0 Å². The summed E-state index contributed by atoms with van der Waals surface area (Å²) in [5.41, 5.74) is 2.25. The molecule has 4 heteroatoms. The number of imidazole rings is 1. The van der Waals surface area contributed by atoms with Crippen LogP contribution in [0.2, 0.25) is 0 Å². The van der Waals surface area contributed by atoms with E-state index in [1.807, 2.05) is 37.0 Å². The molecule has 21 heavy (non-hydrogen) atoms. The minimum atomic E-state index is 0.134. The second-order valence-corrected chi connectivity index (χ2v) is 6.06. The summed E-state index contributed by atoms with van der Waals surface area (Å²) < 4.78 is 7.85. The summed E-state index contributed by atoms with van der Waals surface area (Å²) in [5.74, 6) is 1.29. The molecule has 4 nitrogen and oxygen atoms in total. The molecule has 0 spiro atoms. The van der Waals surface area contributed by atoms with Crippen LogP contribution in [-0.4, -0.2) is 20.6 Å². The molecule has 1 fully saturated rings. The molecule has 0 aliphatic heterocycles. The van der Waals surface area contributed by atoms with E-state index >= 15 is 0 Å². The number of ether oxygens (including phenoxy) is 1. The number of pyridine rings is 1. The molecular weight excluding hydrogens is 262 g/mol. The van der Waals surface area contributed by atoms with Crippen LogP contribution in [0.15, 0.2) is 30.9 Å². The summed E-state index contributed by atoms with van der Waals surface area (Å²) in [6, 6.07) is 4.18. The summed E-state index contributed by atoms with van der Waals surface area (Å²) in [6.45, 7) is 4.07. The molecule has 0 bridgehead atoms. The molecule has 1 saturated carbocycles. The van der Waals surface area contributed by atoms with Crippen molar-refractivity contribution in [3.05, 3.63) is 36.5 Å². The zero-order chi connectivity index (χ0) is 14.7. The molecule has 2 heterocycles. The predicted octanol–water partition coefficient (Wildman–Crippen LogP) is 4.10. The van der Waals surface area contributed by atoms with Crippen LogP contribution in [0, 0.1) is 0 Å². The maximum atomic E-state index is 5.84. The smallest absolute Gasteiger partial charge is 0.215 e. The fourth-order valence-electron chi connectivity index (χ4n) is 2.98. The first kappa shape index (κ1) is 14.1. The van der Waals surface area contributed by atoms with Gasteiger partial charge in [-0.25, -0.2) is 9.97 Å². The van der Waals surface area contributed by atoms with Crippen molar-refractivity contribution in [3.8, 4) is 11.6 Å². The van der Waals surface area contributed by atoms with Gasteiger partial charge in [0.05, 0.1) is 18.1 Å². The average molecular weight is 285 g/mol. The zero-order valence-corrected chi connectivity index (χ0v) is 12.8. The Labute approximate surface area is 126 Å². The number of hydrogen-bond acceptors (Lipinski definition) is 3. The lowest BCUT2D eigenvalue weighted by Gasteiger charge is -2.22. The third-order valence-corrected chi connectivity index (χ3v) is 3.99. The number of aromatic nitrogens is 3. The van der Waals surface area contributed by atoms with Crippen LogP contribution in [0.4, 0.5) is 0 Å². The van der Waals surface area contributed by atoms with Gasteiger partial charge in [0.15, 0.2) is 0 Å². The van der Waals surface area contributed by atoms with Crippen LogP contribution >= 0.6 is 0 Å². The molecule has 1 aliphatic carbocycles. The second-order valence-electron chi connectivity index (χ2n) is 6.06. The van der Waals surface area contributed by atoms with Crippen molar-refractivity contribution >= 4 is 0 Å². The van der Waals surface area contributed by atoms with Gasteiger partial charge in [0, 0.05) is 30.1 Å². The van der Waals surface area contributed by atoms with E-state index in [1.54, 1.807) is 6.20 Å². The molecule has 0 atom stereocenters. The lowest BCUT2D eigenvalue weighted by Crippen LogP contribution is -2.11.